The van der Waals surface area contributed by atoms with Crippen LogP contribution in [0.5, 0.6) is 0 Å². The minimum absolute atomic E-state index is 0.310. The normalized spacial score (nSPS) is 14.1. The second kappa shape index (κ2) is 20.3. The lowest BCUT2D eigenvalue weighted by Crippen LogP contribution is -2.42. The molecule has 4 aromatic heterocycles. The molecule has 0 saturated heterocycles. The van der Waals surface area contributed by atoms with E-state index in [0.29, 0.717) is 17.6 Å². The van der Waals surface area contributed by atoms with Gasteiger partial charge in [0.2, 0.25) is 5.95 Å². The minimum Gasteiger partial charge on any atom is -0.332 e. The van der Waals surface area contributed by atoms with Crippen molar-refractivity contribution < 1.29 is 0 Å². The summed E-state index contributed by atoms with van der Waals surface area (Å²) in [5.74, 6) is 1.93. The van der Waals surface area contributed by atoms with Gasteiger partial charge in [0.25, 0.3) is 0 Å². The van der Waals surface area contributed by atoms with Crippen LogP contribution in [0, 0.1) is 0 Å². The molecular formula is C77H56N8. The summed E-state index contributed by atoms with van der Waals surface area (Å²) < 4.78 is 6.99. The maximum absolute atomic E-state index is 5.83. The van der Waals surface area contributed by atoms with Gasteiger partial charge in [-0.05, 0) is 147 Å². The van der Waals surface area contributed by atoms with Crippen molar-refractivity contribution in [2.24, 2.45) is 0 Å². The number of benzene rings is 11. The summed E-state index contributed by atoms with van der Waals surface area (Å²) in [5, 5.41) is 6.81. The van der Waals surface area contributed by atoms with Crippen molar-refractivity contribution in [1.82, 2.24) is 23.7 Å². The Hall–Kier alpha value is -11.2. The van der Waals surface area contributed by atoms with Crippen molar-refractivity contribution in [3.63, 3.8) is 0 Å². The van der Waals surface area contributed by atoms with Crippen LogP contribution in [-0.4, -0.2) is 29.2 Å². The molecule has 0 N–H and O–H groups in total. The van der Waals surface area contributed by atoms with Gasteiger partial charge < -0.3 is 14.0 Å². The quantitative estimate of drug-likeness (QED) is 0.122. The van der Waals surface area contributed by atoms with E-state index in [4.69, 9.17) is 9.97 Å². The van der Waals surface area contributed by atoms with Gasteiger partial charge >= 0.3 is 0 Å². The number of fused-ring (bicyclic) bond motifs is 9. The predicted molar refractivity (Wildman–Crippen MR) is 354 cm³/mol. The Balaban J connectivity index is 0.963. The van der Waals surface area contributed by atoms with E-state index >= 15 is 0 Å². The van der Waals surface area contributed by atoms with Crippen LogP contribution in [-0.2, 0) is 0 Å². The molecule has 8 nitrogen and oxygen atoms in total. The van der Waals surface area contributed by atoms with Crippen molar-refractivity contribution in [2.45, 2.75) is 18.9 Å². The van der Waals surface area contributed by atoms with Gasteiger partial charge in [0, 0.05) is 83.9 Å². The highest BCUT2D eigenvalue weighted by Crippen LogP contribution is 2.46. The highest BCUT2D eigenvalue weighted by Gasteiger charge is 2.32. The lowest BCUT2D eigenvalue weighted by molar-refractivity contribution is 0.570. The van der Waals surface area contributed by atoms with E-state index in [-0.39, 0.29) is 5.54 Å². The lowest BCUT2D eigenvalue weighted by Gasteiger charge is -2.41. The molecule has 0 saturated carbocycles. The van der Waals surface area contributed by atoms with Crippen LogP contribution in [0.25, 0.3) is 82.7 Å². The van der Waals surface area contributed by atoms with Crippen LogP contribution in [0.3, 0.4) is 0 Å². The van der Waals surface area contributed by atoms with Gasteiger partial charge in [-0.1, -0.05) is 170 Å². The van der Waals surface area contributed by atoms with Crippen molar-refractivity contribution in [1.29, 1.82) is 0 Å². The van der Waals surface area contributed by atoms with Gasteiger partial charge in [-0.3, -0.25) is 14.4 Å². The van der Waals surface area contributed by atoms with E-state index in [0.717, 1.165) is 107 Å². The lowest BCUT2D eigenvalue weighted by atomic mass is 9.90. The summed E-state index contributed by atoms with van der Waals surface area (Å²) in [6.45, 7) is 2.32. The third-order valence-corrected chi connectivity index (χ3v) is 16.9. The van der Waals surface area contributed by atoms with Crippen LogP contribution >= 0.6 is 0 Å². The number of aromatic nitrogens is 5. The fraction of sp³-hybridized carbons (Fsp3) is 0.0390. The summed E-state index contributed by atoms with van der Waals surface area (Å²) in [6.07, 6.45) is 9.77. The van der Waals surface area contributed by atoms with E-state index in [1.54, 1.807) is 0 Å². The van der Waals surface area contributed by atoms with Crippen LogP contribution in [0.2, 0.25) is 0 Å². The third-order valence-electron chi connectivity index (χ3n) is 16.9. The molecule has 1 atom stereocenters. The SMILES string of the molecule is CC1(N(c2ccccc2)c2ccc3c(c2)c2ccccc2n3-c2nc(N(c3ccccc3)c3ccc4c(c3)c3ccccc3n4-c3ccccc3)cc(N(c3ccccc3)c3ccc4c(c3)c3ccccc3n4-c3ccccc3)n2)C=CC=CC1. The zero-order chi connectivity index (χ0) is 56.4. The molecule has 1 aliphatic rings. The predicted octanol–water partition coefficient (Wildman–Crippen LogP) is 20.1. The number of nitrogens with zero attached hydrogens (tertiary/aromatic N) is 8. The molecule has 0 radical (unpaired) electrons. The van der Waals surface area contributed by atoms with E-state index in [1.807, 2.05) is 0 Å². The Labute approximate surface area is 492 Å². The van der Waals surface area contributed by atoms with Crippen LogP contribution in [0.4, 0.5) is 45.8 Å². The molecule has 0 aliphatic heterocycles. The number of para-hydroxylation sites is 8. The standard InChI is InChI=1S/C77H56N8/c1-77(48-24-7-25-49-77)85(58-34-16-6-17-35-58)61-44-47-73-67(52-61)64-38-20-23-41-70(64)84(73)76-78-74(80(54-26-8-2-9-27-54)59-42-45-71-65(50-59)62-36-18-21-39-68(62)82(71)56-30-12-4-13-31-56)53-75(79-76)81(55-28-10-3-11-29-55)60-43-46-72-66(51-60)63-37-19-22-40-69(63)83(72)57-32-14-5-15-33-57/h2-48,50-53H,49H2,1H3. The van der Waals surface area contributed by atoms with Gasteiger partial charge in [0.05, 0.1) is 38.6 Å². The first-order chi connectivity index (χ1) is 42.0. The van der Waals surface area contributed by atoms with Crippen molar-refractivity contribution >= 4 is 111 Å². The fourth-order valence-corrected chi connectivity index (χ4v) is 13.1. The van der Waals surface area contributed by atoms with Gasteiger partial charge in [-0.15, -0.1) is 0 Å². The number of hydrogen-bond acceptors (Lipinski definition) is 5. The fourth-order valence-electron chi connectivity index (χ4n) is 13.1. The molecule has 8 heteroatoms. The summed E-state index contributed by atoms with van der Waals surface area (Å²) in [6, 6.07) is 102. The molecule has 1 unspecified atom stereocenters. The molecule has 16 rings (SSSR count). The minimum atomic E-state index is -0.310. The number of hydrogen-bond donors (Lipinski definition) is 0. The highest BCUT2D eigenvalue weighted by atomic mass is 15.3. The van der Waals surface area contributed by atoms with Crippen LogP contribution < -0.4 is 14.7 Å². The molecular weight excluding hydrogens is 1040 g/mol. The first kappa shape index (κ1) is 49.6. The average molecular weight is 1090 g/mol. The molecule has 404 valence electrons. The highest BCUT2D eigenvalue weighted by molar-refractivity contribution is 6.13. The Morgan fingerprint density at radius 1 is 0.318 bits per heavy atom. The zero-order valence-corrected chi connectivity index (χ0v) is 46.7. The van der Waals surface area contributed by atoms with Crippen molar-refractivity contribution in [2.75, 3.05) is 14.7 Å². The Bertz CT molecular complexity index is 4850. The first-order valence-corrected chi connectivity index (χ1v) is 29.0. The largest absolute Gasteiger partial charge is 0.332 e. The van der Waals surface area contributed by atoms with E-state index in [2.05, 4.69) is 345 Å². The topological polar surface area (TPSA) is 50.3 Å². The summed E-state index contributed by atoms with van der Waals surface area (Å²) in [5.41, 5.74) is 14.5. The number of anilines is 8. The summed E-state index contributed by atoms with van der Waals surface area (Å²) in [7, 11) is 0. The maximum atomic E-state index is 5.83. The molecule has 15 aromatic rings. The molecule has 0 fully saturated rings. The number of rotatable bonds is 12. The van der Waals surface area contributed by atoms with Gasteiger partial charge in [-0.25, -0.2) is 0 Å². The van der Waals surface area contributed by atoms with Crippen molar-refractivity contribution in [3.8, 4) is 17.3 Å². The van der Waals surface area contributed by atoms with E-state index in [9.17, 15) is 0 Å². The third kappa shape index (κ3) is 8.36. The molecule has 0 amide bonds. The van der Waals surface area contributed by atoms with Crippen LogP contribution in [0.15, 0.2) is 309 Å². The Morgan fingerprint density at radius 3 is 1.13 bits per heavy atom. The summed E-state index contributed by atoms with van der Waals surface area (Å²) >= 11 is 0. The molecule has 0 bridgehead atoms. The van der Waals surface area contributed by atoms with Gasteiger partial charge in [-0.2, -0.15) is 9.97 Å². The Morgan fingerprint density at radius 2 is 0.682 bits per heavy atom. The molecule has 85 heavy (non-hydrogen) atoms. The molecule has 11 aromatic carbocycles. The Kier molecular flexibility index (Phi) is 11.9. The molecule has 0 spiro atoms. The first-order valence-electron chi connectivity index (χ1n) is 29.0. The van der Waals surface area contributed by atoms with Crippen LogP contribution in [0.1, 0.15) is 13.3 Å². The maximum Gasteiger partial charge on any atom is 0.238 e. The molecule has 4 heterocycles. The molecule has 1 aliphatic carbocycles. The van der Waals surface area contributed by atoms with Gasteiger partial charge in [0.1, 0.15) is 11.6 Å². The zero-order valence-electron chi connectivity index (χ0n) is 46.7. The smallest absolute Gasteiger partial charge is 0.238 e. The average Bonchev–Trinajstić information content (AvgIpc) is 1.86. The van der Waals surface area contributed by atoms with Crippen molar-refractivity contribution in [3.05, 3.63) is 309 Å². The second-order valence-electron chi connectivity index (χ2n) is 22.1. The van der Waals surface area contributed by atoms with E-state index in [1.165, 1.54) is 10.8 Å². The van der Waals surface area contributed by atoms with E-state index < -0.39 is 0 Å². The number of allylic oxidation sites excluding steroid dienone is 2. The monoisotopic (exact) mass is 1090 g/mol. The summed E-state index contributed by atoms with van der Waals surface area (Å²) in [4.78, 5) is 18.7. The second-order valence-corrected chi connectivity index (χ2v) is 22.1. The van der Waals surface area contributed by atoms with Gasteiger partial charge in [0.15, 0.2) is 0 Å².